The van der Waals surface area contributed by atoms with E-state index in [1.807, 2.05) is 31.3 Å². The topological polar surface area (TPSA) is 151 Å². The molecule has 3 aromatic heterocycles. The number of aromatic nitrogens is 4. The Bertz CT molecular complexity index is 2730. The second kappa shape index (κ2) is 20.3. The molecule has 68 heavy (non-hydrogen) atoms. The Balaban J connectivity index is 1.31. The zero-order valence-electron chi connectivity index (χ0n) is 38.0. The highest BCUT2D eigenvalue weighted by atomic mass is 35.5. The van der Waals surface area contributed by atoms with Crippen LogP contribution in [-0.4, -0.2) is 115 Å². The zero-order valence-corrected chi connectivity index (χ0v) is 38.8. The third-order valence-electron chi connectivity index (χ3n) is 12.1. The Hall–Kier alpha value is -6.70. The molecule has 358 valence electrons. The molecule has 2 aliphatic heterocycles. The molecular weight excluding hydrogens is 910 g/mol. The van der Waals surface area contributed by atoms with Crippen molar-refractivity contribution in [3.63, 3.8) is 0 Å². The third-order valence-corrected chi connectivity index (χ3v) is 12.5. The number of pyridine rings is 2. The zero-order chi connectivity index (χ0) is 48.3. The number of aryl methyl sites for hydroxylation is 1. The summed E-state index contributed by atoms with van der Waals surface area (Å²) in [6, 6.07) is 18.2. The summed E-state index contributed by atoms with van der Waals surface area (Å²) in [6.45, 7) is 7.39. The lowest BCUT2D eigenvalue weighted by Crippen LogP contribution is -2.45. The maximum absolute atomic E-state index is 18.0. The molecule has 0 radical (unpaired) electrons. The maximum atomic E-state index is 18.0. The van der Waals surface area contributed by atoms with Crippen molar-refractivity contribution >= 4 is 46.1 Å². The first-order valence-corrected chi connectivity index (χ1v) is 22.2. The number of nitrogens with zero attached hydrogens (tertiary/aromatic N) is 8. The number of rotatable bonds is 15. The van der Waals surface area contributed by atoms with Gasteiger partial charge in [0.05, 0.1) is 54.0 Å². The molecule has 2 aliphatic rings. The molecule has 5 heterocycles. The molecule has 1 amide bonds. The molecule has 0 saturated carbocycles. The van der Waals surface area contributed by atoms with Gasteiger partial charge in [-0.05, 0) is 74.0 Å². The van der Waals surface area contributed by atoms with Crippen LogP contribution >= 0.6 is 11.6 Å². The average molecular weight is 960 g/mol. The summed E-state index contributed by atoms with van der Waals surface area (Å²) in [5, 5.41) is 11.5. The van der Waals surface area contributed by atoms with Crippen LogP contribution in [-0.2, 0) is 19.3 Å². The number of anilines is 3. The van der Waals surface area contributed by atoms with Gasteiger partial charge in [0.1, 0.15) is 47.7 Å². The summed E-state index contributed by atoms with van der Waals surface area (Å²) in [5.41, 5.74) is -1.24. The summed E-state index contributed by atoms with van der Waals surface area (Å²) >= 11 is 7.17. The van der Waals surface area contributed by atoms with E-state index in [1.54, 1.807) is 67.3 Å². The van der Waals surface area contributed by atoms with Crippen molar-refractivity contribution in [2.75, 3.05) is 88.9 Å². The van der Waals surface area contributed by atoms with Gasteiger partial charge in [0, 0.05) is 57.6 Å². The number of hydrogen-bond acceptors (Lipinski definition) is 13. The van der Waals surface area contributed by atoms with Crippen molar-refractivity contribution in [2.24, 2.45) is 0 Å². The lowest BCUT2D eigenvalue weighted by Gasteiger charge is -2.32. The third kappa shape index (κ3) is 10.2. The van der Waals surface area contributed by atoms with Crippen molar-refractivity contribution in [1.82, 2.24) is 29.7 Å². The molecule has 0 aliphatic carbocycles. The van der Waals surface area contributed by atoms with Gasteiger partial charge >= 0.3 is 18.3 Å². The summed E-state index contributed by atoms with van der Waals surface area (Å²) in [5.74, 6) is 0.137. The monoisotopic (exact) mass is 959 g/mol. The van der Waals surface area contributed by atoms with E-state index >= 15 is 17.6 Å². The predicted molar refractivity (Wildman–Crippen MR) is 250 cm³/mol. The van der Waals surface area contributed by atoms with E-state index in [0.29, 0.717) is 23.6 Å². The molecule has 1 atom stereocenters. The number of carbonyl (C=O) groups is 1. The summed E-state index contributed by atoms with van der Waals surface area (Å²) in [6.07, 6.45) is -4.92. The fraction of sp³-hybridized carbons (Fsp3) is 0.354. The lowest BCUT2D eigenvalue weighted by atomic mass is 9.98. The number of halogens is 5. The number of alkyl halides is 3. The van der Waals surface area contributed by atoms with Crippen LogP contribution in [0.25, 0.3) is 22.2 Å². The van der Waals surface area contributed by atoms with Gasteiger partial charge in [-0.1, -0.05) is 41.9 Å². The largest absolute Gasteiger partial charge is 0.497 e. The predicted octanol–water partition coefficient (Wildman–Crippen LogP) is 9.11. The average Bonchev–Trinajstić information content (AvgIpc) is 3.51. The normalized spacial score (nSPS) is 14.8. The fourth-order valence-electron chi connectivity index (χ4n) is 8.52. The Labute approximate surface area is 395 Å². The Morgan fingerprint density at radius 1 is 0.956 bits per heavy atom. The molecular formula is C48H50ClF4N9O6. The number of methoxy groups -OCH3 is 2. The van der Waals surface area contributed by atoms with Crippen LogP contribution in [0.3, 0.4) is 0 Å². The quantitative estimate of drug-likeness (QED) is 0.0942. The second-order valence-corrected chi connectivity index (χ2v) is 16.9. The number of hydrogen-bond donors (Lipinski definition) is 2. The first-order chi connectivity index (χ1) is 32.6. The minimum absolute atomic E-state index is 0.0225. The number of ether oxygens (including phenoxy) is 4. The molecule has 2 N–H and O–H groups in total. The number of nitrogens with one attached hydrogen (secondary N) is 1. The van der Waals surface area contributed by atoms with Crippen LogP contribution in [0.2, 0.25) is 5.02 Å². The maximum Gasteiger partial charge on any atom is 0.418 e. The van der Waals surface area contributed by atoms with Crippen LogP contribution in [0.15, 0.2) is 72.9 Å². The van der Waals surface area contributed by atoms with E-state index in [-0.39, 0.29) is 73.0 Å². The minimum atomic E-state index is -5.02. The lowest BCUT2D eigenvalue weighted by molar-refractivity contribution is -0.137. The van der Waals surface area contributed by atoms with E-state index in [2.05, 4.69) is 30.1 Å². The highest BCUT2D eigenvalue weighted by Crippen LogP contribution is 2.51. The molecule has 20 heteroatoms. The van der Waals surface area contributed by atoms with E-state index in [4.69, 9.17) is 35.5 Å². The standard InChI is InChI=1S/C48H50ClF4N9O6/c1-28-25-35(61(26-30-8-12-32(65-4)13-9-30)27-31-10-14-33(66-5)15-11-31)55-41(38(28)48(51,52)53)36-39(49)43-37-42(40(36)50)56-46(68-23-21-60-19-17-59(3)18-20-60)58-45(37)62(22-24-67-43)29(2)34-7-6-16-54-44(34)57-47(63)64/h6-16,25,29H,17-24,26-27H2,1-5H3,(H,54,57)(H,63,64)/t29-/m1/s1. The molecule has 15 nitrogen and oxygen atoms in total. The molecule has 1 saturated heterocycles. The van der Waals surface area contributed by atoms with Crippen molar-refractivity contribution in [1.29, 1.82) is 0 Å². The smallest absolute Gasteiger partial charge is 0.418 e. The van der Waals surface area contributed by atoms with E-state index in [9.17, 15) is 9.90 Å². The van der Waals surface area contributed by atoms with Crippen molar-refractivity contribution < 1.29 is 46.4 Å². The summed E-state index contributed by atoms with van der Waals surface area (Å²) in [7, 11) is 5.14. The van der Waals surface area contributed by atoms with Crippen LogP contribution in [0.4, 0.5) is 39.8 Å². The van der Waals surface area contributed by atoms with Gasteiger partial charge in [0.25, 0.3) is 0 Å². The van der Waals surface area contributed by atoms with E-state index < -0.39 is 51.5 Å². The van der Waals surface area contributed by atoms with Gasteiger partial charge in [-0.25, -0.2) is 19.2 Å². The molecule has 0 unspecified atom stereocenters. The number of amides is 1. The molecule has 6 aromatic rings. The van der Waals surface area contributed by atoms with Gasteiger partial charge in [-0.2, -0.15) is 23.1 Å². The van der Waals surface area contributed by atoms with Crippen molar-refractivity contribution in [2.45, 2.75) is 39.2 Å². The van der Waals surface area contributed by atoms with Gasteiger partial charge < -0.3 is 38.8 Å². The second-order valence-electron chi connectivity index (χ2n) is 16.5. The van der Waals surface area contributed by atoms with Gasteiger partial charge in [0.15, 0.2) is 11.6 Å². The van der Waals surface area contributed by atoms with Gasteiger partial charge in [-0.3, -0.25) is 10.2 Å². The van der Waals surface area contributed by atoms with Gasteiger partial charge in [0.2, 0.25) is 0 Å². The van der Waals surface area contributed by atoms with Crippen LogP contribution in [0.5, 0.6) is 23.3 Å². The minimum Gasteiger partial charge on any atom is -0.497 e. The SMILES string of the molecule is COc1ccc(CN(Cc2ccc(OC)cc2)c2cc(C)c(C(F)(F)F)c(-c3c(Cl)c4c5c(nc(OCCN6CCN(C)CC6)nc5c3F)N([C@H](C)c3cccnc3NC(=O)O)CCO4)n2)cc1. The number of piperazine rings is 1. The molecule has 8 rings (SSSR count). The summed E-state index contributed by atoms with van der Waals surface area (Å²) in [4.78, 5) is 38.0. The van der Waals surface area contributed by atoms with Crippen molar-refractivity contribution in [3.05, 3.63) is 112 Å². The fourth-order valence-corrected chi connectivity index (χ4v) is 8.84. The summed E-state index contributed by atoms with van der Waals surface area (Å²) < 4.78 is 87.5. The molecule has 0 spiro atoms. The number of carboxylic acid groups (broad SMARTS) is 1. The van der Waals surface area contributed by atoms with Crippen LogP contribution < -0.4 is 34.1 Å². The van der Waals surface area contributed by atoms with Gasteiger partial charge in [-0.15, -0.1) is 0 Å². The Morgan fingerprint density at radius 2 is 1.60 bits per heavy atom. The van der Waals surface area contributed by atoms with Crippen LogP contribution in [0, 0.1) is 12.7 Å². The van der Waals surface area contributed by atoms with Crippen molar-refractivity contribution in [3.8, 4) is 34.5 Å². The highest BCUT2D eigenvalue weighted by molar-refractivity contribution is 6.36. The number of benzene rings is 3. The molecule has 3 aromatic carbocycles. The Kier molecular flexibility index (Phi) is 14.2. The van der Waals surface area contributed by atoms with E-state index in [0.717, 1.165) is 37.3 Å². The molecule has 0 bridgehead atoms. The molecule has 1 fully saturated rings. The first-order valence-electron chi connectivity index (χ1n) is 21.8. The van der Waals surface area contributed by atoms with Crippen LogP contribution in [0.1, 0.15) is 40.8 Å². The highest BCUT2D eigenvalue weighted by Gasteiger charge is 2.41. The Morgan fingerprint density at radius 3 is 2.21 bits per heavy atom. The van der Waals surface area contributed by atoms with E-state index in [1.165, 1.54) is 19.2 Å². The first kappa shape index (κ1) is 47.8. The number of likely N-dealkylation sites (N-methyl/N-ethyl adjacent to an activating group) is 1.